The van der Waals surface area contributed by atoms with Crippen LogP contribution in [-0.4, -0.2) is 53.9 Å². The molecule has 1 aliphatic carbocycles. The average Bonchev–Trinajstić information content (AvgIpc) is 3.08. The minimum atomic E-state index is -0.0788. The average molecular weight is 316 g/mol. The third kappa shape index (κ3) is 3.81. The molecular weight excluding hydrogens is 292 g/mol. The van der Waals surface area contributed by atoms with Crippen molar-refractivity contribution in [1.29, 1.82) is 0 Å². The second-order valence-electron chi connectivity index (χ2n) is 6.35. The number of nitrogens with one attached hydrogen (secondary N) is 1. The lowest BCUT2D eigenvalue weighted by atomic mass is 10.2. The highest BCUT2D eigenvalue weighted by Crippen LogP contribution is 2.19. The Balaban J connectivity index is 1.56. The Morgan fingerprint density at radius 2 is 1.83 bits per heavy atom. The summed E-state index contributed by atoms with van der Waals surface area (Å²) in [5, 5.41) is 3.05. The first-order chi connectivity index (χ1) is 11.1. The minimum absolute atomic E-state index is 0.0788. The van der Waals surface area contributed by atoms with Crippen molar-refractivity contribution in [3.8, 4) is 0 Å². The van der Waals surface area contributed by atoms with Gasteiger partial charge in [-0.2, -0.15) is 0 Å². The summed E-state index contributed by atoms with van der Waals surface area (Å²) in [7, 11) is 0. The molecule has 23 heavy (non-hydrogen) atoms. The standard InChI is InChI=1S/C17H24N4O2/c1-13(22)20-8-10-21(11-9-20)15-6-7-16(18-12-15)17(23)19-14-4-2-3-5-14/h6-7,12,14H,2-5,8-11H2,1H3,(H,19,23). The van der Waals surface area contributed by atoms with Gasteiger partial charge in [-0.25, -0.2) is 4.98 Å². The van der Waals surface area contributed by atoms with Crippen molar-refractivity contribution in [3.05, 3.63) is 24.0 Å². The van der Waals surface area contributed by atoms with Crippen molar-refractivity contribution in [2.45, 2.75) is 38.6 Å². The highest BCUT2D eigenvalue weighted by Gasteiger charge is 2.21. The molecule has 6 heteroatoms. The predicted molar refractivity (Wildman–Crippen MR) is 88.4 cm³/mol. The monoisotopic (exact) mass is 316 g/mol. The van der Waals surface area contributed by atoms with Gasteiger partial charge in [0.05, 0.1) is 11.9 Å². The van der Waals surface area contributed by atoms with Gasteiger partial charge in [0.15, 0.2) is 0 Å². The highest BCUT2D eigenvalue weighted by atomic mass is 16.2. The molecule has 0 bridgehead atoms. The lowest BCUT2D eigenvalue weighted by Gasteiger charge is -2.35. The van der Waals surface area contributed by atoms with E-state index in [9.17, 15) is 9.59 Å². The smallest absolute Gasteiger partial charge is 0.270 e. The molecule has 2 amide bonds. The van der Waals surface area contributed by atoms with Crippen LogP contribution in [0.2, 0.25) is 0 Å². The number of hydrogen-bond donors (Lipinski definition) is 1. The van der Waals surface area contributed by atoms with Gasteiger partial charge in [0, 0.05) is 39.1 Å². The third-order valence-electron chi connectivity index (χ3n) is 4.76. The highest BCUT2D eigenvalue weighted by molar-refractivity contribution is 5.92. The molecule has 1 aromatic rings. The fourth-order valence-corrected chi connectivity index (χ4v) is 3.32. The molecule has 2 fully saturated rings. The van der Waals surface area contributed by atoms with E-state index in [1.807, 2.05) is 11.0 Å². The molecule has 2 heterocycles. The van der Waals surface area contributed by atoms with Crippen molar-refractivity contribution in [1.82, 2.24) is 15.2 Å². The molecule has 1 saturated carbocycles. The second-order valence-corrected chi connectivity index (χ2v) is 6.35. The summed E-state index contributed by atoms with van der Waals surface area (Å²) >= 11 is 0. The number of carbonyl (C=O) groups excluding carboxylic acids is 2. The molecule has 1 aliphatic heterocycles. The molecule has 0 radical (unpaired) electrons. The van der Waals surface area contributed by atoms with E-state index < -0.39 is 0 Å². The van der Waals surface area contributed by atoms with E-state index in [2.05, 4.69) is 15.2 Å². The summed E-state index contributed by atoms with van der Waals surface area (Å²) in [4.78, 5) is 31.9. The zero-order chi connectivity index (χ0) is 16.2. The SMILES string of the molecule is CC(=O)N1CCN(c2ccc(C(=O)NC3CCCC3)nc2)CC1. The molecular formula is C17H24N4O2. The fourth-order valence-electron chi connectivity index (χ4n) is 3.32. The molecule has 0 spiro atoms. The number of carbonyl (C=O) groups is 2. The van der Waals surface area contributed by atoms with Crippen molar-refractivity contribution < 1.29 is 9.59 Å². The Labute approximate surface area is 136 Å². The normalized spacial score (nSPS) is 19.0. The predicted octanol–water partition coefficient (Wildman–Crippen LogP) is 1.42. The Bertz CT molecular complexity index is 558. The molecule has 124 valence electrons. The Morgan fingerprint density at radius 3 is 2.39 bits per heavy atom. The maximum atomic E-state index is 12.2. The van der Waals surface area contributed by atoms with Crippen LogP contribution < -0.4 is 10.2 Å². The molecule has 0 unspecified atom stereocenters. The number of piperazine rings is 1. The molecule has 3 rings (SSSR count). The molecule has 2 aliphatic rings. The number of anilines is 1. The van der Waals surface area contributed by atoms with Gasteiger partial charge in [0.1, 0.15) is 5.69 Å². The minimum Gasteiger partial charge on any atom is -0.367 e. The largest absolute Gasteiger partial charge is 0.367 e. The van der Waals surface area contributed by atoms with Crippen LogP contribution in [0.3, 0.4) is 0 Å². The van der Waals surface area contributed by atoms with Crippen molar-refractivity contribution in [2.24, 2.45) is 0 Å². The van der Waals surface area contributed by atoms with Crippen molar-refractivity contribution >= 4 is 17.5 Å². The van der Waals surface area contributed by atoms with Gasteiger partial charge in [-0.15, -0.1) is 0 Å². The van der Waals surface area contributed by atoms with Crippen LogP contribution in [0.4, 0.5) is 5.69 Å². The molecule has 1 N–H and O–H groups in total. The summed E-state index contributed by atoms with van der Waals surface area (Å²) in [6.45, 7) is 4.68. The van der Waals surface area contributed by atoms with Gasteiger partial charge in [-0.1, -0.05) is 12.8 Å². The fraction of sp³-hybridized carbons (Fsp3) is 0.588. The molecule has 1 saturated heterocycles. The molecule has 0 aromatic carbocycles. The number of rotatable bonds is 3. The van der Waals surface area contributed by atoms with Crippen molar-refractivity contribution in [3.63, 3.8) is 0 Å². The Morgan fingerprint density at radius 1 is 1.13 bits per heavy atom. The summed E-state index contributed by atoms with van der Waals surface area (Å²) in [6.07, 6.45) is 6.30. The van der Waals surface area contributed by atoms with Crippen LogP contribution in [0.5, 0.6) is 0 Å². The van der Waals surface area contributed by atoms with E-state index >= 15 is 0 Å². The van der Waals surface area contributed by atoms with Crippen LogP contribution in [-0.2, 0) is 4.79 Å². The summed E-state index contributed by atoms with van der Waals surface area (Å²) in [6, 6.07) is 4.04. The topological polar surface area (TPSA) is 65.5 Å². The quantitative estimate of drug-likeness (QED) is 0.916. The van der Waals surface area contributed by atoms with E-state index in [1.54, 1.807) is 19.2 Å². The Hall–Kier alpha value is -2.11. The van der Waals surface area contributed by atoms with Gasteiger partial charge in [0.2, 0.25) is 5.91 Å². The lowest BCUT2D eigenvalue weighted by Crippen LogP contribution is -2.48. The van der Waals surface area contributed by atoms with Gasteiger partial charge < -0.3 is 15.1 Å². The zero-order valence-electron chi connectivity index (χ0n) is 13.6. The molecule has 1 aromatic heterocycles. The zero-order valence-corrected chi connectivity index (χ0v) is 13.6. The van der Waals surface area contributed by atoms with E-state index in [1.165, 1.54) is 12.8 Å². The number of aromatic nitrogens is 1. The number of nitrogens with zero attached hydrogens (tertiary/aromatic N) is 3. The first-order valence-corrected chi connectivity index (χ1v) is 8.41. The van der Waals surface area contributed by atoms with Crippen LogP contribution in [0.15, 0.2) is 18.3 Å². The van der Waals surface area contributed by atoms with Crippen LogP contribution >= 0.6 is 0 Å². The lowest BCUT2D eigenvalue weighted by molar-refractivity contribution is -0.129. The Kier molecular flexibility index (Phi) is 4.79. The number of pyridine rings is 1. The summed E-state index contributed by atoms with van der Waals surface area (Å²) in [5.74, 6) is 0.0477. The van der Waals surface area contributed by atoms with Gasteiger partial charge in [-0.05, 0) is 25.0 Å². The first-order valence-electron chi connectivity index (χ1n) is 8.41. The van der Waals surface area contributed by atoms with Crippen LogP contribution in [0.25, 0.3) is 0 Å². The maximum absolute atomic E-state index is 12.2. The van der Waals surface area contributed by atoms with E-state index in [4.69, 9.17) is 0 Å². The van der Waals surface area contributed by atoms with E-state index in [0.717, 1.165) is 44.7 Å². The van der Waals surface area contributed by atoms with Gasteiger partial charge in [-0.3, -0.25) is 9.59 Å². The molecule has 0 atom stereocenters. The van der Waals surface area contributed by atoms with E-state index in [-0.39, 0.29) is 11.8 Å². The number of hydrogen-bond acceptors (Lipinski definition) is 4. The third-order valence-corrected chi connectivity index (χ3v) is 4.76. The summed E-state index contributed by atoms with van der Waals surface area (Å²) < 4.78 is 0. The maximum Gasteiger partial charge on any atom is 0.270 e. The second kappa shape index (κ2) is 6.98. The number of amides is 2. The first kappa shape index (κ1) is 15.8. The van der Waals surface area contributed by atoms with E-state index in [0.29, 0.717) is 11.7 Å². The molecule has 6 nitrogen and oxygen atoms in total. The van der Waals surface area contributed by atoms with Crippen molar-refractivity contribution in [2.75, 3.05) is 31.1 Å². The summed E-state index contributed by atoms with van der Waals surface area (Å²) in [5.41, 5.74) is 1.48. The van der Waals surface area contributed by atoms with Gasteiger partial charge >= 0.3 is 0 Å². The van der Waals surface area contributed by atoms with Gasteiger partial charge in [0.25, 0.3) is 5.91 Å². The van der Waals surface area contributed by atoms with Crippen LogP contribution in [0.1, 0.15) is 43.1 Å². The van der Waals surface area contributed by atoms with Crippen LogP contribution in [0, 0.1) is 0 Å².